The second kappa shape index (κ2) is 5.98. The number of likely N-dealkylation sites (N-methyl/N-ethyl adjacent to an activating group) is 1. The van der Waals surface area contributed by atoms with E-state index >= 15 is 0 Å². The van der Waals surface area contributed by atoms with Gasteiger partial charge in [-0.1, -0.05) is 12.1 Å². The Balaban J connectivity index is 1.79. The molecule has 4 aliphatic rings. The average molecular weight is 399 g/mol. The summed E-state index contributed by atoms with van der Waals surface area (Å²) < 4.78 is 23.7. The second-order valence-electron chi connectivity index (χ2n) is 8.37. The molecule has 154 valence electrons. The van der Waals surface area contributed by atoms with Gasteiger partial charge < -0.3 is 18.9 Å². The van der Waals surface area contributed by atoms with Gasteiger partial charge in [0.2, 0.25) is 0 Å². The first-order valence-electron chi connectivity index (χ1n) is 9.97. The highest BCUT2D eigenvalue weighted by Gasteiger charge is 2.74. The van der Waals surface area contributed by atoms with E-state index in [4.69, 9.17) is 18.9 Å². The van der Waals surface area contributed by atoms with E-state index in [1.165, 1.54) is 13.8 Å². The zero-order chi connectivity index (χ0) is 20.6. The Kier molecular flexibility index (Phi) is 3.81. The number of ether oxygens (including phenoxy) is 4. The van der Waals surface area contributed by atoms with E-state index < -0.39 is 23.2 Å². The molecular formula is C22H25NO6. The van der Waals surface area contributed by atoms with Crippen LogP contribution in [-0.4, -0.2) is 61.4 Å². The Hall–Kier alpha value is -2.54. The molecule has 1 spiro atoms. The number of likely N-dealkylation sites (tertiary alicyclic amines) is 1. The number of rotatable bonds is 3. The van der Waals surface area contributed by atoms with Crippen LogP contribution in [0.1, 0.15) is 31.4 Å². The van der Waals surface area contributed by atoms with Crippen LogP contribution in [0.25, 0.3) is 0 Å². The third kappa shape index (κ3) is 2.11. The molecule has 0 amide bonds. The smallest absolute Gasteiger partial charge is 0.303 e. The summed E-state index contributed by atoms with van der Waals surface area (Å²) >= 11 is 0. The van der Waals surface area contributed by atoms with Gasteiger partial charge in [-0.05, 0) is 37.7 Å². The molecule has 2 aliphatic carbocycles. The van der Waals surface area contributed by atoms with Crippen LogP contribution in [0.4, 0.5) is 0 Å². The van der Waals surface area contributed by atoms with Gasteiger partial charge in [0.25, 0.3) is 0 Å². The maximum absolute atomic E-state index is 12.0. The molecule has 0 aromatic heterocycles. The van der Waals surface area contributed by atoms with E-state index in [-0.39, 0.29) is 18.0 Å². The van der Waals surface area contributed by atoms with Crippen molar-refractivity contribution in [3.05, 3.63) is 35.4 Å². The van der Waals surface area contributed by atoms with E-state index in [1.54, 1.807) is 7.11 Å². The van der Waals surface area contributed by atoms with Gasteiger partial charge in [-0.15, -0.1) is 0 Å². The standard InChI is InChI=1S/C22H25NO6/c1-12(24)27-16-7-8-22-17(28-13(2)25)11-14-5-6-15(26-4)19-18(14)21(22,20(16)29-19)9-10-23(22)3/h5-8,16-17,20H,9-11H2,1-4H3/t16-,17-,20-,21-,22+/m0/s1. The summed E-state index contributed by atoms with van der Waals surface area (Å²) in [6.07, 6.45) is 4.08. The Morgan fingerprint density at radius 2 is 1.97 bits per heavy atom. The maximum Gasteiger partial charge on any atom is 0.303 e. The molecule has 29 heavy (non-hydrogen) atoms. The lowest BCUT2D eigenvalue weighted by Crippen LogP contribution is -2.71. The molecular weight excluding hydrogens is 374 g/mol. The van der Waals surface area contributed by atoms with Crippen LogP contribution in [0.3, 0.4) is 0 Å². The Morgan fingerprint density at radius 1 is 1.21 bits per heavy atom. The molecule has 7 nitrogen and oxygen atoms in total. The van der Waals surface area contributed by atoms with Crippen molar-refractivity contribution < 1.29 is 28.5 Å². The summed E-state index contributed by atoms with van der Waals surface area (Å²) in [5.74, 6) is 0.734. The van der Waals surface area contributed by atoms with E-state index in [1.807, 2.05) is 18.2 Å². The second-order valence-corrected chi connectivity index (χ2v) is 8.37. The number of benzene rings is 1. The van der Waals surface area contributed by atoms with Crippen molar-refractivity contribution in [2.45, 2.75) is 56.0 Å². The molecule has 5 rings (SSSR count). The highest BCUT2D eigenvalue weighted by atomic mass is 16.6. The Labute approximate surface area is 169 Å². The minimum absolute atomic E-state index is 0.303. The molecule has 2 aliphatic heterocycles. The van der Waals surface area contributed by atoms with E-state index in [2.05, 4.69) is 18.0 Å². The SMILES string of the molecule is COc1ccc2c3c1O[C@H]1[C@@H](OC(C)=O)C=C[C@]4([C@@H](OC(C)=O)C2)N(C)CC[C@]314. The van der Waals surface area contributed by atoms with E-state index in [0.717, 1.165) is 29.8 Å². The summed E-state index contributed by atoms with van der Waals surface area (Å²) in [6.45, 7) is 3.67. The van der Waals surface area contributed by atoms with Crippen molar-refractivity contribution in [3.63, 3.8) is 0 Å². The van der Waals surface area contributed by atoms with Gasteiger partial charge in [-0.3, -0.25) is 14.5 Å². The predicted molar refractivity (Wildman–Crippen MR) is 103 cm³/mol. The normalized spacial score (nSPS) is 36.1. The van der Waals surface area contributed by atoms with Crippen molar-refractivity contribution >= 4 is 11.9 Å². The van der Waals surface area contributed by atoms with Gasteiger partial charge in [0, 0.05) is 25.8 Å². The number of hydrogen-bond acceptors (Lipinski definition) is 7. The minimum atomic E-state index is -0.565. The summed E-state index contributed by atoms with van der Waals surface area (Å²) in [5.41, 5.74) is 1.15. The van der Waals surface area contributed by atoms with Gasteiger partial charge in [0.1, 0.15) is 6.10 Å². The molecule has 7 heteroatoms. The largest absolute Gasteiger partial charge is 0.493 e. The summed E-state index contributed by atoms with van der Waals surface area (Å²) in [4.78, 5) is 26.1. The van der Waals surface area contributed by atoms with Gasteiger partial charge in [-0.2, -0.15) is 0 Å². The molecule has 0 radical (unpaired) electrons. The number of esters is 2. The minimum Gasteiger partial charge on any atom is -0.493 e. The molecule has 0 unspecified atom stereocenters. The third-order valence-electron chi connectivity index (χ3n) is 7.14. The highest BCUT2D eigenvalue weighted by molar-refractivity contribution is 5.70. The molecule has 0 N–H and O–H groups in total. The van der Waals surface area contributed by atoms with Crippen LogP contribution in [0.2, 0.25) is 0 Å². The third-order valence-corrected chi connectivity index (χ3v) is 7.14. The van der Waals surface area contributed by atoms with Crippen molar-refractivity contribution in [1.82, 2.24) is 4.90 Å². The van der Waals surface area contributed by atoms with Crippen LogP contribution in [-0.2, 0) is 30.9 Å². The molecule has 2 heterocycles. The Bertz CT molecular complexity index is 941. The fraction of sp³-hybridized carbons (Fsp3) is 0.545. The van der Waals surface area contributed by atoms with E-state index in [0.29, 0.717) is 12.2 Å². The zero-order valence-electron chi connectivity index (χ0n) is 17.1. The number of carbonyl (C=O) groups excluding carboxylic acids is 2. The fourth-order valence-electron chi connectivity index (χ4n) is 6.26. The summed E-state index contributed by atoms with van der Waals surface area (Å²) in [7, 11) is 3.68. The number of methoxy groups -OCH3 is 1. The lowest BCUT2D eigenvalue weighted by molar-refractivity contribution is -0.161. The molecule has 5 atom stereocenters. The quantitative estimate of drug-likeness (QED) is 0.566. The van der Waals surface area contributed by atoms with Crippen molar-refractivity contribution in [1.29, 1.82) is 0 Å². The molecule has 0 bridgehead atoms. The van der Waals surface area contributed by atoms with Crippen LogP contribution < -0.4 is 9.47 Å². The van der Waals surface area contributed by atoms with Crippen molar-refractivity contribution in [3.8, 4) is 11.5 Å². The number of carbonyl (C=O) groups is 2. The topological polar surface area (TPSA) is 74.3 Å². The maximum atomic E-state index is 12.0. The number of nitrogens with zero attached hydrogens (tertiary/aromatic N) is 1. The first-order valence-corrected chi connectivity index (χ1v) is 9.97. The van der Waals surface area contributed by atoms with Gasteiger partial charge in [0.05, 0.1) is 18.1 Å². The monoisotopic (exact) mass is 399 g/mol. The van der Waals surface area contributed by atoms with Gasteiger partial charge in [0.15, 0.2) is 23.7 Å². The molecule has 1 fully saturated rings. The Morgan fingerprint density at radius 3 is 2.66 bits per heavy atom. The molecule has 1 aromatic carbocycles. The van der Waals surface area contributed by atoms with Crippen LogP contribution in [0.5, 0.6) is 11.5 Å². The lowest BCUT2D eigenvalue weighted by Gasteiger charge is -2.56. The van der Waals surface area contributed by atoms with Crippen LogP contribution in [0, 0.1) is 0 Å². The summed E-state index contributed by atoms with van der Waals surface area (Å²) in [5, 5.41) is 0. The van der Waals surface area contributed by atoms with E-state index in [9.17, 15) is 9.59 Å². The fourth-order valence-corrected chi connectivity index (χ4v) is 6.26. The first kappa shape index (κ1) is 18.5. The lowest BCUT2D eigenvalue weighted by atomic mass is 9.53. The molecule has 1 aromatic rings. The van der Waals surface area contributed by atoms with Crippen LogP contribution >= 0.6 is 0 Å². The van der Waals surface area contributed by atoms with Crippen molar-refractivity contribution in [2.24, 2.45) is 0 Å². The van der Waals surface area contributed by atoms with Gasteiger partial charge in [-0.25, -0.2) is 0 Å². The average Bonchev–Trinajstić information content (AvgIpc) is 3.18. The molecule has 1 saturated heterocycles. The van der Waals surface area contributed by atoms with Gasteiger partial charge >= 0.3 is 11.9 Å². The highest BCUT2D eigenvalue weighted by Crippen LogP contribution is 2.66. The predicted octanol–water partition coefficient (Wildman–Crippen LogP) is 1.76. The molecule has 0 saturated carbocycles. The van der Waals surface area contributed by atoms with Crippen molar-refractivity contribution in [2.75, 3.05) is 20.7 Å². The zero-order valence-corrected chi connectivity index (χ0v) is 17.1. The number of hydrogen-bond donors (Lipinski definition) is 0. The summed E-state index contributed by atoms with van der Waals surface area (Å²) in [6, 6.07) is 3.93. The van der Waals surface area contributed by atoms with Crippen LogP contribution in [0.15, 0.2) is 24.3 Å². The first-order chi connectivity index (χ1) is 13.8.